The molecule has 0 aliphatic heterocycles. The van der Waals surface area contributed by atoms with E-state index in [4.69, 9.17) is 11.6 Å². The van der Waals surface area contributed by atoms with Crippen molar-refractivity contribution in [1.29, 1.82) is 0 Å². The Bertz CT molecular complexity index is 1060. The third-order valence-electron chi connectivity index (χ3n) is 3.67. The van der Waals surface area contributed by atoms with Crippen LogP contribution in [0.5, 0.6) is 0 Å². The van der Waals surface area contributed by atoms with Gasteiger partial charge in [0.25, 0.3) is 10.0 Å². The number of fused-ring (bicyclic) bond motifs is 1. The summed E-state index contributed by atoms with van der Waals surface area (Å²) in [5.74, 6) is 0. The van der Waals surface area contributed by atoms with Gasteiger partial charge in [0.05, 0.1) is 15.1 Å². The number of hydrogen-bond acceptors (Lipinski definition) is 3. The Kier molecular flexibility index (Phi) is 4.08. The SMILES string of the molecule is Cc1ccc(S(=O)(=O)/N=c2\sc3ccc(Cl)c(C)c3n2C)cc1. The summed E-state index contributed by atoms with van der Waals surface area (Å²) in [4.78, 5) is 0.612. The Hall–Kier alpha value is -1.63. The highest BCUT2D eigenvalue weighted by atomic mass is 35.5. The highest BCUT2D eigenvalue weighted by Crippen LogP contribution is 2.26. The normalized spacial score (nSPS) is 13.0. The molecule has 0 spiro atoms. The summed E-state index contributed by atoms with van der Waals surface area (Å²) >= 11 is 7.49. The first-order valence-electron chi connectivity index (χ1n) is 6.92. The van der Waals surface area contributed by atoms with E-state index in [1.165, 1.54) is 11.3 Å². The minimum atomic E-state index is -3.74. The Morgan fingerprint density at radius 3 is 2.39 bits per heavy atom. The number of rotatable bonds is 2. The van der Waals surface area contributed by atoms with Crippen LogP contribution in [0.2, 0.25) is 5.02 Å². The highest BCUT2D eigenvalue weighted by Gasteiger charge is 2.14. The van der Waals surface area contributed by atoms with Crippen LogP contribution in [0.15, 0.2) is 45.7 Å². The molecule has 2 aromatic carbocycles. The maximum atomic E-state index is 12.5. The number of aromatic nitrogens is 1. The van der Waals surface area contributed by atoms with E-state index >= 15 is 0 Å². The summed E-state index contributed by atoms with van der Waals surface area (Å²) in [6.45, 7) is 3.82. The molecule has 3 rings (SSSR count). The molecule has 0 N–H and O–H groups in total. The Balaban J connectivity index is 2.23. The van der Waals surface area contributed by atoms with E-state index in [9.17, 15) is 8.42 Å². The van der Waals surface area contributed by atoms with E-state index in [0.717, 1.165) is 21.3 Å². The van der Waals surface area contributed by atoms with Gasteiger partial charge in [-0.05, 0) is 43.7 Å². The molecule has 0 aliphatic rings. The van der Waals surface area contributed by atoms with Crippen LogP contribution in [-0.4, -0.2) is 13.0 Å². The molecule has 1 aromatic heterocycles. The fourth-order valence-corrected chi connectivity index (χ4v) is 4.82. The van der Waals surface area contributed by atoms with E-state index in [-0.39, 0.29) is 4.90 Å². The fraction of sp³-hybridized carbons (Fsp3) is 0.188. The zero-order valence-corrected chi connectivity index (χ0v) is 15.3. The van der Waals surface area contributed by atoms with Crippen molar-refractivity contribution in [3.63, 3.8) is 0 Å². The van der Waals surface area contributed by atoms with Crippen LogP contribution in [0.25, 0.3) is 10.2 Å². The summed E-state index contributed by atoms with van der Waals surface area (Å²) in [7, 11) is -1.94. The lowest BCUT2D eigenvalue weighted by Crippen LogP contribution is -2.14. The molecule has 0 aliphatic carbocycles. The van der Waals surface area contributed by atoms with Gasteiger partial charge in [0.1, 0.15) is 0 Å². The quantitative estimate of drug-likeness (QED) is 0.692. The largest absolute Gasteiger partial charge is 0.319 e. The van der Waals surface area contributed by atoms with Crippen molar-refractivity contribution >= 4 is 43.2 Å². The fourth-order valence-electron chi connectivity index (χ4n) is 2.36. The van der Waals surface area contributed by atoms with Crippen molar-refractivity contribution < 1.29 is 8.42 Å². The van der Waals surface area contributed by atoms with Crippen molar-refractivity contribution in [3.8, 4) is 0 Å². The van der Waals surface area contributed by atoms with E-state index < -0.39 is 10.0 Å². The third-order valence-corrected chi connectivity index (χ3v) is 6.57. The number of halogens is 1. The number of sulfonamides is 1. The molecule has 0 fully saturated rings. The second-order valence-corrected chi connectivity index (χ2v) is 8.36. The predicted octanol–water partition coefficient (Wildman–Crippen LogP) is 3.80. The monoisotopic (exact) mass is 366 g/mol. The molecule has 23 heavy (non-hydrogen) atoms. The highest BCUT2D eigenvalue weighted by molar-refractivity contribution is 7.90. The van der Waals surface area contributed by atoms with Crippen molar-refractivity contribution in [2.45, 2.75) is 18.7 Å². The number of benzene rings is 2. The smallest absolute Gasteiger partial charge is 0.285 e. The molecule has 120 valence electrons. The summed E-state index contributed by atoms with van der Waals surface area (Å²) in [6, 6.07) is 10.4. The minimum Gasteiger partial charge on any atom is -0.319 e. The van der Waals surface area contributed by atoms with Gasteiger partial charge in [0.15, 0.2) is 0 Å². The first-order valence-corrected chi connectivity index (χ1v) is 9.55. The van der Waals surface area contributed by atoms with Crippen molar-refractivity contribution in [2.24, 2.45) is 11.4 Å². The molecule has 0 radical (unpaired) electrons. The average molecular weight is 367 g/mol. The number of hydrogen-bond donors (Lipinski definition) is 0. The first-order chi connectivity index (χ1) is 10.8. The summed E-state index contributed by atoms with van der Waals surface area (Å²) in [5, 5.41) is 0.652. The summed E-state index contributed by atoms with van der Waals surface area (Å²) < 4.78 is 31.7. The minimum absolute atomic E-state index is 0.190. The van der Waals surface area contributed by atoms with Crippen molar-refractivity contribution in [3.05, 3.63) is 57.3 Å². The zero-order chi connectivity index (χ0) is 16.8. The van der Waals surface area contributed by atoms with Crippen LogP contribution < -0.4 is 4.80 Å². The molecule has 0 amide bonds. The van der Waals surface area contributed by atoms with Crippen molar-refractivity contribution in [1.82, 2.24) is 4.57 Å². The van der Waals surface area contributed by atoms with Gasteiger partial charge in [-0.25, -0.2) is 0 Å². The molecule has 0 unspecified atom stereocenters. The van der Waals surface area contributed by atoms with Gasteiger partial charge in [-0.1, -0.05) is 40.6 Å². The molecule has 4 nitrogen and oxygen atoms in total. The lowest BCUT2D eigenvalue weighted by molar-refractivity contribution is 0.596. The van der Waals surface area contributed by atoms with Gasteiger partial charge in [-0.15, -0.1) is 4.40 Å². The van der Waals surface area contributed by atoms with Gasteiger partial charge in [-0.3, -0.25) is 0 Å². The van der Waals surface area contributed by atoms with Crippen LogP contribution >= 0.6 is 22.9 Å². The molecule has 1 heterocycles. The summed E-state index contributed by atoms with van der Waals surface area (Å²) in [5.41, 5.74) is 2.82. The predicted molar refractivity (Wildman–Crippen MR) is 94.5 cm³/mol. The van der Waals surface area contributed by atoms with Gasteiger partial charge in [-0.2, -0.15) is 8.42 Å². The molecule has 7 heteroatoms. The molecule has 0 saturated carbocycles. The van der Waals surface area contributed by atoms with E-state index in [2.05, 4.69) is 4.40 Å². The van der Waals surface area contributed by atoms with Crippen LogP contribution in [0.1, 0.15) is 11.1 Å². The Morgan fingerprint density at radius 2 is 1.74 bits per heavy atom. The maximum Gasteiger partial charge on any atom is 0.285 e. The van der Waals surface area contributed by atoms with Crippen LogP contribution in [0.3, 0.4) is 0 Å². The third kappa shape index (κ3) is 2.94. The van der Waals surface area contributed by atoms with E-state index in [0.29, 0.717) is 9.82 Å². The van der Waals surface area contributed by atoms with Crippen molar-refractivity contribution in [2.75, 3.05) is 0 Å². The zero-order valence-electron chi connectivity index (χ0n) is 12.9. The molecular formula is C16H15ClN2O2S2. The molecule has 0 bridgehead atoms. The van der Waals surface area contributed by atoms with Gasteiger partial charge < -0.3 is 4.57 Å². The number of aryl methyl sites for hydroxylation is 3. The lowest BCUT2D eigenvalue weighted by Gasteiger charge is -2.02. The van der Waals surface area contributed by atoms with Gasteiger partial charge in [0, 0.05) is 12.1 Å². The topological polar surface area (TPSA) is 51.4 Å². The number of nitrogens with zero attached hydrogens (tertiary/aromatic N) is 2. The maximum absolute atomic E-state index is 12.5. The molecule has 0 saturated heterocycles. The van der Waals surface area contributed by atoms with E-state index in [1.54, 1.807) is 35.9 Å². The first kappa shape index (κ1) is 16.2. The van der Waals surface area contributed by atoms with Crippen LogP contribution in [0.4, 0.5) is 0 Å². The average Bonchev–Trinajstić information content (AvgIpc) is 2.80. The standard InChI is InChI=1S/C16H15ClN2O2S2/c1-10-4-6-12(7-5-10)23(20,21)18-16-19(3)15-11(2)13(17)8-9-14(15)22-16/h4-9H,1-3H3/b18-16-. The number of thiazole rings is 1. The molecule has 3 aromatic rings. The van der Waals surface area contributed by atoms with Crippen LogP contribution in [0, 0.1) is 13.8 Å². The van der Waals surface area contributed by atoms with Crippen LogP contribution in [-0.2, 0) is 17.1 Å². The van der Waals surface area contributed by atoms with Gasteiger partial charge >= 0.3 is 0 Å². The van der Waals surface area contributed by atoms with E-state index in [1.807, 2.05) is 26.0 Å². The molecule has 0 atom stereocenters. The Morgan fingerprint density at radius 1 is 1.09 bits per heavy atom. The van der Waals surface area contributed by atoms with Gasteiger partial charge in [0.2, 0.25) is 4.80 Å². The second-order valence-electron chi connectivity index (χ2n) is 5.34. The second kappa shape index (κ2) is 5.78. The lowest BCUT2D eigenvalue weighted by atomic mass is 10.2. The molecular weight excluding hydrogens is 352 g/mol. The Labute approximate surface area is 143 Å². The summed E-state index contributed by atoms with van der Waals surface area (Å²) in [6.07, 6.45) is 0.